The number of amides is 1. The van der Waals surface area contributed by atoms with Crippen LogP contribution in [-0.2, 0) is 13.0 Å². The van der Waals surface area contributed by atoms with E-state index in [1.54, 1.807) is 10.9 Å². The third kappa shape index (κ3) is 4.73. The SMILES string of the molecule is CCn1cc(C(=O)N(C)[C@H]2CCCN(CCCc3ccccc3)C2)cn1. The topological polar surface area (TPSA) is 41.4 Å². The molecule has 0 saturated carbocycles. The van der Waals surface area contributed by atoms with Gasteiger partial charge in [0, 0.05) is 32.4 Å². The van der Waals surface area contributed by atoms with E-state index >= 15 is 0 Å². The lowest BCUT2D eigenvalue weighted by atomic mass is 10.0. The van der Waals surface area contributed by atoms with Gasteiger partial charge in [-0.2, -0.15) is 5.10 Å². The number of nitrogens with zero attached hydrogens (tertiary/aromatic N) is 4. The molecule has 26 heavy (non-hydrogen) atoms. The Morgan fingerprint density at radius 3 is 2.85 bits per heavy atom. The van der Waals surface area contributed by atoms with Crippen molar-refractivity contribution in [1.82, 2.24) is 19.6 Å². The molecule has 1 saturated heterocycles. The summed E-state index contributed by atoms with van der Waals surface area (Å²) in [5.74, 6) is 0.0841. The first kappa shape index (κ1) is 18.6. The lowest BCUT2D eigenvalue weighted by molar-refractivity contribution is 0.0617. The first-order valence-corrected chi connectivity index (χ1v) is 9.73. The fourth-order valence-electron chi connectivity index (χ4n) is 3.72. The second-order valence-electron chi connectivity index (χ2n) is 7.19. The molecule has 2 heterocycles. The van der Waals surface area contributed by atoms with Gasteiger partial charge in [-0.05, 0) is 51.3 Å². The second kappa shape index (κ2) is 8.99. The summed E-state index contributed by atoms with van der Waals surface area (Å²) in [6, 6.07) is 11.0. The van der Waals surface area contributed by atoms with E-state index in [1.165, 1.54) is 5.56 Å². The van der Waals surface area contributed by atoms with Crippen LogP contribution in [0.5, 0.6) is 0 Å². The summed E-state index contributed by atoms with van der Waals surface area (Å²) >= 11 is 0. The van der Waals surface area contributed by atoms with Gasteiger partial charge in [-0.1, -0.05) is 30.3 Å². The highest BCUT2D eigenvalue weighted by atomic mass is 16.2. The second-order valence-corrected chi connectivity index (χ2v) is 7.19. The van der Waals surface area contributed by atoms with Crippen molar-refractivity contribution in [1.29, 1.82) is 0 Å². The normalized spacial score (nSPS) is 18.0. The molecule has 0 radical (unpaired) electrons. The Kier molecular flexibility index (Phi) is 6.45. The Labute approximate surface area is 156 Å². The minimum atomic E-state index is 0.0841. The first-order valence-electron chi connectivity index (χ1n) is 9.73. The predicted octanol–water partition coefficient (Wildman–Crippen LogP) is 3.07. The molecule has 5 nitrogen and oxygen atoms in total. The van der Waals surface area contributed by atoms with Crippen LogP contribution in [0.2, 0.25) is 0 Å². The van der Waals surface area contributed by atoms with Crippen molar-refractivity contribution in [2.24, 2.45) is 0 Å². The van der Waals surface area contributed by atoms with Gasteiger partial charge >= 0.3 is 0 Å². The molecule has 1 aromatic heterocycles. The van der Waals surface area contributed by atoms with Gasteiger partial charge in [0.05, 0.1) is 11.8 Å². The highest BCUT2D eigenvalue weighted by molar-refractivity contribution is 5.93. The van der Waals surface area contributed by atoms with Crippen molar-refractivity contribution >= 4 is 5.91 Å². The van der Waals surface area contributed by atoms with Crippen molar-refractivity contribution in [2.45, 2.75) is 45.2 Å². The molecule has 1 aliphatic rings. The largest absolute Gasteiger partial charge is 0.337 e. The highest BCUT2D eigenvalue weighted by Crippen LogP contribution is 2.17. The van der Waals surface area contributed by atoms with Crippen LogP contribution in [0.1, 0.15) is 42.1 Å². The number of rotatable bonds is 7. The number of piperidine rings is 1. The summed E-state index contributed by atoms with van der Waals surface area (Å²) in [6.07, 6.45) is 8.05. The van der Waals surface area contributed by atoms with Crippen LogP contribution < -0.4 is 0 Å². The van der Waals surface area contributed by atoms with Crippen molar-refractivity contribution in [3.05, 3.63) is 53.9 Å². The van der Waals surface area contributed by atoms with Crippen molar-refractivity contribution in [2.75, 3.05) is 26.7 Å². The summed E-state index contributed by atoms with van der Waals surface area (Å²) in [5.41, 5.74) is 2.09. The molecule has 0 N–H and O–H groups in total. The Morgan fingerprint density at radius 2 is 2.12 bits per heavy atom. The molecule has 1 aromatic carbocycles. The van der Waals surface area contributed by atoms with Gasteiger partial charge in [0.1, 0.15) is 0 Å². The van der Waals surface area contributed by atoms with Crippen molar-refractivity contribution < 1.29 is 4.79 Å². The van der Waals surface area contributed by atoms with Crippen LogP contribution >= 0.6 is 0 Å². The predicted molar refractivity (Wildman–Crippen MR) is 104 cm³/mol. The molecule has 5 heteroatoms. The molecule has 2 aromatic rings. The third-order valence-electron chi connectivity index (χ3n) is 5.34. The van der Waals surface area contributed by atoms with E-state index < -0.39 is 0 Å². The summed E-state index contributed by atoms with van der Waals surface area (Å²) in [7, 11) is 1.93. The number of aryl methyl sites for hydroxylation is 2. The van der Waals surface area contributed by atoms with Crippen LogP contribution in [0, 0.1) is 0 Å². The van der Waals surface area contributed by atoms with Crippen LogP contribution in [-0.4, -0.2) is 58.2 Å². The molecule has 1 aliphatic heterocycles. The van der Waals surface area contributed by atoms with E-state index in [9.17, 15) is 4.79 Å². The first-order chi connectivity index (χ1) is 12.7. The number of hydrogen-bond acceptors (Lipinski definition) is 3. The fourth-order valence-corrected chi connectivity index (χ4v) is 3.72. The Morgan fingerprint density at radius 1 is 1.31 bits per heavy atom. The summed E-state index contributed by atoms with van der Waals surface area (Å²) in [5, 5.41) is 4.23. The molecule has 0 aliphatic carbocycles. The highest BCUT2D eigenvalue weighted by Gasteiger charge is 2.27. The average molecular weight is 354 g/mol. The van der Waals surface area contributed by atoms with Crippen LogP contribution in [0.3, 0.4) is 0 Å². The Hall–Kier alpha value is -2.14. The van der Waals surface area contributed by atoms with E-state index in [0.717, 1.165) is 51.9 Å². The maximum atomic E-state index is 12.7. The van der Waals surface area contributed by atoms with Gasteiger partial charge in [0.25, 0.3) is 5.91 Å². The maximum absolute atomic E-state index is 12.7. The lowest BCUT2D eigenvalue weighted by Gasteiger charge is -2.37. The molecule has 0 spiro atoms. The smallest absolute Gasteiger partial charge is 0.257 e. The van der Waals surface area contributed by atoms with Gasteiger partial charge in [-0.25, -0.2) is 0 Å². The Bertz CT molecular complexity index is 697. The van der Waals surface area contributed by atoms with Crippen molar-refractivity contribution in [3.63, 3.8) is 0 Å². The summed E-state index contributed by atoms with van der Waals surface area (Å²) in [6.45, 7) is 6.02. The van der Waals surface area contributed by atoms with Gasteiger partial charge in [-0.3, -0.25) is 9.48 Å². The quantitative estimate of drug-likeness (QED) is 0.767. The van der Waals surface area contributed by atoms with Gasteiger partial charge in [0.15, 0.2) is 0 Å². The molecule has 1 fully saturated rings. The molecule has 3 rings (SSSR count). The zero-order valence-electron chi connectivity index (χ0n) is 16.0. The number of carbonyl (C=O) groups is 1. The zero-order valence-corrected chi connectivity index (χ0v) is 16.0. The van der Waals surface area contributed by atoms with E-state index in [-0.39, 0.29) is 11.9 Å². The number of likely N-dealkylation sites (N-methyl/N-ethyl adjacent to an activating group) is 1. The number of carbonyl (C=O) groups excluding carboxylic acids is 1. The molecular weight excluding hydrogens is 324 g/mol. The standard InChI is InChI=1S/C21H30N4O/c1-3-25-16-19(15-22-25)21(26)23(2)20-12-8-14-24(17-20)13-7-11-18-9-5-4-6-10-18/h4-6,9-10,15-16,20H,3,7-8,11-14,17H2,1-2H3/t20-/m0/s1. The molecular formula is C21H30N4O. The van der Waals surface area contributed by atoms with Crippen LogP contribution in [0.25, 0.3) is 0 Å². The Balaban J connectivity index is 1.49. The molecule has 0 bridgehead atoms. The number of benzene rings is 1. The molecule has 1 atom stereocenters. The van der Waals surface area contributed by atoms with E-state index in [2.05, 4.69) is 40.3 Å². The molecule has 0 unspecified atom stereocenters. The number of aromatic nitrogens is 2. The van der Waals surface area contributed by atoms with Gasteiger partial charge in [-0.15, -0.1) is 0 Å². The molecule has 1 amide bonds. The van der Waals surface area contributed by atoms with E-state index in [4.69, 9.17) is 0 Å². The monoisotopic (exact) mass is 354 g/mol. The third-order valence-corrected chi connectivity index (χ3v) is 5.34. The van der Waals surface area contributed by atoms with E-state index in [0.29, 0.717) is 5.56 Å². The van der Waals surface area contributed by atoms with Crippen molar-refractivity contribution in [3.8, 4) is 0 Å². The average Bonchev–Trinajstić information content (AvgIpc) is 3.17. The summed E-state index contributed by atoms with van der Waals surface area (Å²) in [4.78, 5) is 17.2. The lowest BCUT2D eigenvalue weighted by Crippen LogP contribution is -2.48. The number of hydrogen-bond donors (Lipinski definition) is 0. The maximum Gasteiger partial charge on any atom is 0.257 e. The minimum absolute atomic E-state index is 0.0841. The zero-order chi connectivity index (χ0) is 18.4. The summed E-state index contributed by atoms with van der Waals surface area (Å²) < 4.78 is 1.80. The fraction of sp³-hybridized carbons (Fsp3) is 0.524. The number of likely N-dealkylation sites (tertiary alicyclic amines) is 1. The van der Waals surface area contributed by atoms with E-state index in [1.807, 2.05) is 25.1 Å². The van der Waals surface area contributed by atoms with Gasteiger partial charge < -0.3 is 9.80 Å². The van der Waals surface area contributed by atoms with Gasteiger partial charge in [0.2, 0.25) is 0 Å². The van der Waals surface area contributed by atoms with Crippen LogP contribution in [0.4, 0.5) is 0 Å². The molecule has 140 valence electrons. The van der Waals surface area contributed by atoms with Crippen LogP contribution in [0.15, 0.2) is 42.7 Å². The minimum Gasteiger partial charge on any atom is -0.337 e.